The predicted molar refractivity (Wildman–Crippen MR) is 154 cm³/mol. The molecule has 42 heavy (non-hydrogen) atoms. The smallest absolute Gasteiger partial charge is 0.407 e. The first-order valence-corrected chi connectivity index (χ1v) is 15.0. The Labute approximate surface area is 246 Å². The highest BCUT2D eigenvalue weighted by Crippen LogP contribution is 2.13. The van der Waals surface area contributed by atoms with Crippen LogP contribution in [-0.2, 0) is 36.6 Å². The number of hydrogen-bond donors (Lipinski definition) is 3. The van der Waals surface area contributed by atoms with Crippen molar-refractivity contribution in [3.8, 4) is 0 Å². The molecule has 0 bridgehead atoms. The Kier molecular flexibility index (Phi) is 14.3. The highest BCUT2D eigenvalue weighted by Gasteiger charge is 2.22. The zero-order valence-corrected chi connectivity index (χ0v) is 25.9. The van der Waals surface area contributed by atoms with E-state index in [1.807, 2.05) is 0 Å². The molecule has 0 saturated carbocycles. The van der Waals surface area contributed by atoms with Gasteiger partial charge < -0.3 is 25.2 Å². The Hall–Kier alpha value is -3.29. The van der Waals surface area contributed by atoms with Gasteiger partial charge in [0, 0.05) is 0 Å². The minimum Gasteiger partial charge on any atom is -0.444 e. The lowest BCUT2D eigenvalue weighted by Crippen LogP contribution is -2.43. The maximum atomic E-state index is 13.7. The molecule has 0 aromatic heterocycles. The molecule has 0 fully saturated rings. The van der Waals surface area contributed by atoms with Gasteiger partial charge in [-0.2, -0.15) is 8.42 Å². The van der Waals surface area contributed by atoms with Gasteiger partial charge in [-0.3, -0.25) is 4.18 Å². The fourth-order valence-electron chi connectivity index (χ4n) is 3.33. The second kappa shape index (κ2) is 16.4. The second-order valence-electron chi connectivity index (χ2n) is 11.4. The van der Waals surface area contributed by atoms with E-state index < -0.39 is 51.4 Å². The monoisotopic (exact) mass is 616 g/mol. The fourth-order valence-corrected chi connectivity index (χ4v) is 3.74. The van der Waals surface area contributed by atoms with E-state index in [2.05, 4.69) is 10.6 Å². The molecule has 0 radical (unpaired) electrons. The first kappa shape index (κ1) is 36.7. The average Bonchev–Trinajstić information content (AvgIpc) is 2.82. The van der Waals surface area contributed by atoms with Gasteiger partial charge in [-0.1, -0.05) is 36.4 Å². The number of ether oxygens (including phenoxy) is 2. The van der Waals surface area contributed by atoms with Crippen molar-refractivity contribution in [2.45, 2.75) is 77.7 Å². The number of amides is 2. The zero-order valence-electron chi connectivity index (χ0n) is 25.1. The van der Waals surface area contributed by atoms with Gasteiger partial charge in [-0.05, 0) is 77.6 Å². The summed E-state index contributed by atoms with van der Waals surface area (Å²) < 4.78 is 64.4. The lowest BCUT2D eigenvalue weighted by Gasteiger charge is -2.23. The third kappa shape index (κ3) is 16.8. The fraction of sp³-hybridized carbons (Fsp3) is 0.517. The Morgan fingerprint density at radius 3 is 1.52 bits per heavy atom. The summed E-state index contributed by atoms with van der Waals surface area (Å²) in [6.07, 6.45) is -0.163. The Morgan fingerprint density at radius 2 is 1.17 bits per heavy atom. The van der Waals surface area contributed by atoms with Crippen LogP contribution >= 0.6 is 0 Å². The summed E-state index contributed by atoms with van der Waals surface area (Å²) in [6, 6.07) is 11.0. The summed E-state index contributed by atoms with van der Waals surface area (Å²) >= 11 is 0. The van der Waals surface area contributed by atoms with Crippen molar-refractivity contribution in [2.75, 3.05) is 19.5 Å². The van der Waals surface area contributed by atoms with E-state index in [-0.39, 0.29) is 31.9 Å². The SMILES string of the molecule is CC(C)(C)OC(=O)N[C@@H](CO)Cc1ccccc1F.CC(C)(C)OC(=O)N[C@@H](COS(C)(=O)=O)Cc1ccccc1F. The van der Waals surface area contributed by atoms with Crippen LogP contribution in [0, 0.1) is 11.6 Å². The normalized spacial score (nSPS) is 13.2. The first-order valence-electron chi connectivity index (χ1n) is 13.2. The van der Waals surface area contributed by atoms with Gasteiger partial charge in [0.25, 0.3) is 10.1 Å². The molecule has 2 rings (SSSR count). The summed E-state index contributed by atoms with van der Waals surface area (Å²) in [7, 11) is -3.68. The first-order chi connectivity index (χ1) is 19.3. The number of halogens is 2. The third-order valence-electron chi connectivity index (χ3n) is 4.99. The van der Waals surface area contributed by atoms with Gasteiger partial charge in [-0.15, -0.1) is 0 Å². The molecule has 0 unspecified atom stereocenters. The van der Waals surface area contributed by atoms with Crippen molar-refractivity contribution >= 4 is 22.3 Å². The lowest BCUT2D eigenvalue weighted by atomic mass is 10.1. The molecule has 0 aliphatic carbocycles. The van der Waals surface area contributed by atoms with Crippen LogP contribution in [0.25, 0.3) is 0 Å². The minimum atomic E-state index is -3.68. The number of carbonyl (C=O) groups excluding carboxylic acids is 2. The number of benzene rings is 2. The maximum Gasteiger partial charge on any atom is 0.407 e. The second-order valence-corrected chi connectivity index (χ2v) is 13.1. The molecular weight excluding hydrogens is 574 g/mol. The van der Waals surface area contributed by atoms with Crippen LogP contribution in [0.3, 0.4) is 0 Å². The number of carbonyl (C=O) groups is 2. The molecule has 0 saturated heterocycles. The number of aliphatic hydroxyl groups excluding tert-OH is 1. The summed E-state index contributed by atoms with van der Waals surface area (Å²) in [5.74, 6) is -0.796. The van der Waals surface area contributed by atoms with Crippen LogP contribution in [0.2, 0.25) is 0 Å². The van der Waals surface area contributed by atoms with Crippen molar-refractivity contribution in [3.05, 3.63) is 71.3 Å². The topological polar surface area (TPSA) is 140 Å². The van der Waals surface area contributed by atoms with Gasteiger partial charge in [0.15, 0.2) is 0 Å². The summed E-state index contributed by atoms with van der Waals surface area (Å²) in [5.41, 5.74) is -0.532. The molecule has 2 amide bonds. The number of rotatable bonds is 10. The van der Waals surface area contributed by atoms with E-state index in [0.717, 1.165) is 6.26 Å². The molecule has 2 aromatic carbocycles. The van der Waals surface area contributed by atoms with Crippen molar-refractivity contribution in [1.29, 1.82) is 0 Å². The molecule has 0 aliphatic rings. The van der Waals surface area contributed by atoms with E-state index in [1.54, 1.807) is 77.9 Å². The molecular formula is C29H42F2N2O8S. The summed E-state index contributed by atoms with van der Waals surface area (Å²) in [4.78, 5) is 23.4. The highest BCUT2D eigenvalue weighted by atomic mass is 32.2. The number of alkyl carbamates (subject to hydrolysis) is 2. The van der Waals surface area contributed by atoms with Crippen molar-refractivity contribution in [3.63, 3.8) is 0 Å². The van der Waals surface area contributed by atoms with Gasteiger partial charge >= 0.3 is 12.2 Å². The van der Waals surface area contributed by atoms with Gasteiger partial charge in [0.1, 0.15) is 22.8 Å². The minimum absolute atomic E-state index is 0.0709. The number of nitrogens with one attached hydrogen (secondary N) is 2. The van der Waals surface area contributed by atoms with Crippen LogP contribution in [0.15, 0.2) is 48.5 Å². The van der Waals surface area contributed by atoms with E-state index in [0.29, 0.717) is 11.1 Å². The lowest BCUT2D eigenvalue weighted by molar-refractivity contribution is 0.0474. The molecule has 13 heteroatoms. The quantitative estimate of drug-likeness (QED) is 0.332. The van der Waals surface area contributed by atoms with Crippen LogP contribution in [-0.4, -0.2) is 68.5 Å². The molecule has 3 N–H and O–H groups in total. The largest absolute Gasteiger partial charge is 0.444 e. The average molecular weight is 617 g/mol. The third-order valence-corrected chi connectivity index (χ3v) is 5.56. The zero-order chi connectivity index (χ0) is 32.1. The molecule has 0 heterocycles. The summed E-state index contributed by atoms with van der Waals surface area (Å²) in [6.45, 7) is 9.74. The van der Waals surface area contributed by atoms with E-state index in [1.165, 1.54) is 12.1 Å². The van der Waals surface area contributed by atoms with E-state index in [9.17, 15) is 31.9 Å². The van der Waals surface area contributed by atoms with Crippen molar-refractivity contribution < 1.29 is 45.6 Å². The number of hydrogen-bond acceptors (Lipinski definition) is 8. The molecule has 10 nitrogen and oxygen atoms in total. The van der Waals surface area contributed by atoms with Gasteiger partial charge in [-0.25, -0.2) is 18.4 Å². The standard InChI is InChI=1S/C15H22FNO5S.C14H20FNO3/c1-15(2,3)22-14(18)17-12(10-21-23(4,19)20)9-11-7-5-6-8-13(11)16;1-14(2,3)19-13(18)16-11(9-17)8-10-6-4-5-7-12(10)15/h5-8,12H,9-10H2,1-4H3,(H,17,18);4-7,11,17H,8-9H2,1-3H3,(H,16,18)/t12-;11-/m11/s1. The molecule has 0 spiro atoms. The van der Waals surface area contributed by atoms with Crippen molar-refractivity contribution in [1.82, 2.24) is 10.6 Å². The Morgan fingerprint density at radius 1 is 0.786 bits per heavy atom. The Balaban J connectivity index is 0.000000428. The van der Waals surface area contributed by atoms with E-state index >= 15 is 0 Å². The highest BCUT2D eigenvalue weighted by molar-refractivity contribution is 7.85. The van der Waals surface area contributed by atoms with E-state index in [4.69, 9.17) is 13.7 Å². The van der Waals surface area contributed by atoms with Crippen molar-refractivity contribution in [2.24, 2.45) is 0 Å². The van der Waals surface area contributed by atoms with Crippen LogP contribution < -0.4 is 10.6 Å². The summed E-state index contributed by atoms with van der Waals surface area (Å²) in [5, 5.41) is 14.3. The molecule has 0 aliphatic heterocycles. The van der Waals surface area contributed by atoms with Gasteiger partial charge in [0.2, 0.25) is 0 Å². The maximum absolute atomic E-state index is 13.7. The Bertz CT molecular complexity index is 1260. The van der Waals surface area contributed by atoms with Crippen LogP contribution in [0.1, 0.15) is 52.7 Å². The number of aliphatic hydroxyl groups is 1. The van der Waals surface area contributed by atoms with Crippen LogP contribution in [0.4, 0.5) is 18.4 Å². The molecule has 2 atom stereocenters. The molecule has 2 aromatic rings. The van der Waals surface area contributed by atoms with Crippen LogP contribution in [0.5, 0.6) is 0 Å². The van der Waals surface area contributed by atoms with Gasteiger partial charge in [0.05, 0.1) is 31.6 Å². The predicted octanol–water partition coefficient (Wildman–Crippen LogP) is 4.49. The molecule has 236 valence electrons.